The summed E-state index contributed by atoms with van der Waals surface area (Å²) < 4.78 is 0. The molecule has 0 spiro atoms. The SMILES string of the molecule is O=C(CN(c1ccc(Cl)cc1)C(CO)C(=O)O)Nc1cccc(C2C(=S)CCC2=S)c1. The van der Waals surface area contributed by atoms with E-state index in [2.05, 4.69) is 5.32 Å². The third-order valence-corrected chi connectivity index (χ3v) is 6.20. The van der Waals surface area contributed by atoms with Crippen LogP contribution in [0.25, 0.3) is 0 Å². The van der Waals surface area contributed by atoms with Crippen molar-refractivity contribution in [3.8, 4) is 0 Å². The molecule has 31 heavy (non-hydrogen) atoms. The van der Waals surface area contributed by atoms with E-state index in [1.165, 1.54) is 4.90 Å². The van der Waals surface area contributed by atoms with Crippen molar-refractivity contribution >= 4 is 69.0 Å². The van der Waals surface area contributed by atoms with Gasteiger partial charge < -0.3 is 20.4 Å². The highest BCUT2D eigenvalue weighted by Gasteiger charge is 2.29. The summed E-state index contributed by atoms with van der Waals surface area (Å²) in [6, 6.07) is 12.4. The number of benzene rings is 2. The monoisotopic (exact) mass is 476 g/mol. The lowest BCUT2D eigenvalue weighted by atomic mass is 9.97. The number of amides is 1. The van der Waals surface area contributed by atoms with Gasteiger partial charge in [-0.15, -0.1) is 0 Å². The van der Waals surface area contributed by atoms with E-state index in [-0.39, 0.29) is 12.5 Å². The number of anilines is 2. The Hall–Kier alpha value is -2.39. The van der Waals surface area contributed by atoms with Crippen LogP contribution in [-0.4, -0.2) is 51.0 Å². The molecular formula is C22H21ClN2O4S2. The Bertz CT molecular complexity index is 997. The molecular weight excluding hydrogens is 456 g/mol. The summed E-state index contributed by atoms with van der Waals surface area (Å²) in [6.45, 7) is -0.930. The van der Waals surface area contributed by atoms with Gasteiger partial charge >= 0.3 is 5.97 Å². The molecule has 0 heterocycles. The number of halogens is 1. The fourth-order valence-corrected chi connectivity index (χ4v) is 4.52. The maximum absolute atomic E-state index is 12.8. The number of carbonyl (C=O) groups is 2. The highest BCUT2D eigenvalue weighted by atomic mass is 35.5. The molecule has 1 amide bonds. The summed E-state index contributed by atoms with van der Waals surface area (Å²) in [6.07, 6.45) is 1.59. The number of thiocarbonyl (C=S) groups is 2. The number of nitrogens with one attached hydrogen (secondary N) is 1. The molecule has 3 N–H and O–H groups in total. The number of aliphatic hydroxyl groups is 1. The predicted molar refractivity (Wildman–Crippen MR) is 130 cm³/mol. The van der Waals surface area contributed by atoms with Crippen LogP contribution < -0.4 is 10.2 Å². The number of aliphatic carboxylic acids is 1. The minimum absolute atomic E-state index is 0.0711. The molecule has 0 bridgehead atoms. The standard InChI is InChI=1S/C22H21ClN2O4S2/c23-14-4-6-16(7-5-14)25(17(12-26)22(28)29)11-20(27)24-15-3-1-2-13(10-15)21-18(30)8-9-19(21)31/h1-7,10,17,21,26H,8-9,11-12H2,(H,24,27)(H,28,29). The van der Waals surface area contributed by atoms with Gasteiger partial charge in [-0.25, -0.2) is 4.79 Å². The number of carbonyl (C=O) groups excluding carboxylic acids is 1. The Labute approximate surface area is 195 Å². The molecule has 1 fully saturated rings. The minimum Gasteiger partial charge on any atom is -0.480 e. The van der Waals surface area contributed by atoms with Crippen LogP contribution in [-0.2, 0) is 9.59 Å². The van der Waals surface area contributed by atoms with Crippen LogP contribution in [0.5, 0.6) is 0 Å². The number of hydrogen-bond acceptors (Lipinski definition) is 6. The minimum atomic E-state index is -1.29. The molecule has 0 radical (unpaired) electrons. The van der Waals surface area contributed by atoms with E-state index in [4.69, 9.17) is 36.0 Å². The second-order valence-electron chi connectivity index (χ2n) is 7.18. The first kappa shape index (κ1) is 23.3. The summed E-state index contributed by atoms with van der Waals surface area (Å²) in [4.78, 5) is 27.5. The van der Waals surface area contributed by atoms with Crippen molar-refractivity contribution < 1.29 is 19.8 Å². The first-order valence-corrected chi connectivity index (χ1v) is 10.8. The molecule has 1 unspecified atom stereocenters. The lowest BCUT2D eigenvalue weighted by Crippen LogP contribution is -2.47. The van der Waals surface area contributed by atoms with Crippen molar-refractivity contribution in [3.63, 3.8) is 0 Å². The average Bonchev–Trinajstić information content (AvgIpc) is 3.06. The van der Waals surface area contributed by atoms with E-state index in [9.17, 15) is 19.8 Å². The first-order valence-electron chi connectivity index (χ1n) is 9.61. The van der Waals surface area contributed by atoms with Crippen LogP contribution >= 0.6 is 36.0 Å². The van der Waals surface area contributed by atoms with E-state index in [1.54, 1.807) is 30.3 Å². The molecule has 9 heteroatoms. The van der Waals surface area contributed by atoms with Gasteiger partial charge in [0.25, 0.3) is 0 Å². The smallest absolute Gasteiger partial charge is 0.328 e. The molecule has 6 nitrogen and oxygen atoms in total. The Morgan fingerprint density at radius 1 is 1.13 bits per heavy atom. The quantitative estimate of drug-likeness (QED) is 0.498. The average molecular weight is 477 g/mol. The number of nitrogens with zero attached hydrogens (tertiary/aromatic N) is 1. The van der Waals surface area contributed by atoms with Gasteiger partial charge in [-0.1, -0.05) is 48.2 Å². The maximum atomic E-state index is 12.8. The highest BCUT2D eigenvalue weighted by Crippen LogP contribution is 2.32. The maximum Gasteiger partial charge on any atom is 0.328 e. The fourth-order valence-electron chi connectivity index (χ4n) is 3.56. The molecule has 1 aliphatic carbocycles. The summed E-state index contributed by atoms with van der Waals surface area (Å²) in [5, 5.41) is 22.3. The lowest BCUT2D eigenvalue weighted by Gasteiger charge is -2.29. The second kappa shape index (κ2) is 10.3. The van der Waals surface area contributed by atoms with Crippen LogP contribution in [0.4, 0.5) is 11.4 Å². The van der Waals surface area contributed by atoms with Gasteiger partial charge in [0.15, 0.2) is 6.04 Å². The van der Waals surface area contributed by atoms with Crippen LogP contribution in [0.3, 0.4) is 0 Å². The third kappa shape index (κ3) is 5.65. The lowest BCUT2D eigenvalue weighted by molar-refractivity contribution is -0.139. The van der Waals surface area contributed by atoms with Crippen molar-refractivity contribution in [2.45, 2.75) is 24.8 Å². The largest absolute Gasteiger partial charge is 0.480 e. The van der Waals surface area contributed by atoms with Crippen LogP contribution in [0.2, 0.25) is 5.02 Å². The molecule has 2 aromatic rings. The molecule has 3 rings (SSSR count). The number of carboxylic acids is 1. The van der Waals surface area contributed by atoms with Gasteiger partial charge in [0.05, 0.1) is 13.2 Å². The van der Waals surface area contributed by atoms with Gasteiger partial charge in [-0.2, -0.15) is 0 Å². The zero-order valence-corrected chi connectivity index (χ0v) is 18.8. The van der Waals surface area contributed by atoms with Gasteiger partial charge in [0.2, 0.25) is 5.91 Å². The van der Waals surface area contributed by atoms with Crippen LogP contribution in [0, 0.1) is 0 Å². The molecule has 162 valence electrons. The number of aliphatic hydroxyl groups excluding tert-OH is 1. The van der Waals surface area contributed by atoms with Crippen molar-refractivity contribution in [1.82, 2.24) is 0 Å². The van der Waals surface area contributed by atoms with Gasteiger partial charge in [-0.05, 0) is 54.8 Å². The van der Waals surface area contributed by atoms with Crippen molar-refractivity contribution in [2.75, 3.05) is 23.4 Å². The topological polar surface area (TPSA) is 89.9 Å². The van der Waals surface area contributed by atoms with E-state index in [0.29, 0.717) is 16.4 Å². The number of rotatable bonds is 8. The number of carboxylic acid groups (broad SMARTS) is 1. The zero-order valence-electron chi connectivity index (χ0n) is 16.5. The highest BCUT2D eigenvalue weighted by molar-refractivity contribution is 7.82. The van der Waals surface area contributed by atoms with Gasteiger partial charge in [0, 0.05) is 32.0 Å². The molecule has 0 saturated heterocycles. The Kier molecular flexibility index (Phi) is 7.72. The third-order valence-electron chi connectivity index (χ3n) is 5.07. The molecule has 1 aliphatic rings. The first-order chi connectivity index (χ1) is 14.8. The summed E-state index contributed by atoms with van der Waals surface area (Å²) in [5.74, 6) is -1.74. The Morgan fingerprint density at radius 2 is 1.77 bits per heavy atom. The van der Waals surface area contributed by atoms with Gasteiger partial charge in [-0.3, -0.25) is 4.79 Å². The second-order valence-corrected chi connectivity index (χ2v) is 8.67. The van der Waals surface area contributed by atoms with Gasteiger partial charge in [0.1, 0.15) is 0 Å². The van der Waals surface area contributed by atoms with Crippen LogP contribution in [0.15, 0.2) is 48.5 Å². The fraction of sp³-hybridized carbons (Fsp3) is 0.273. The van der Waals surface area contributed by atoms with E-state index >= 15 is 0 Å². The van der Waals surface area contributed by atoms with Crippen molar-refractivity contribution in [1.29, 1.82) is 0 Å². The van der Waals surface area contributed by atoms with E-state index in [1.807, 2.05) is 18.2 Å². The summed E-state index contributed by atoms with van der Waals surface area (Å²) >= 11 is 16.8. The Morgan fingerprint density at radius 3 is 2.35 bits per heavy atom. The molecule has 0 aliphatic heterocycles. The Balaban J connectivity index is 1.79. The molecule has 1 atom stereocenters. The summed E-state index contributed by atoms with van der Waals surface area (Å²) in [7, 11) is 0. The van der Waals surface area contributed by atoms with Crippen LogP contribution in [0.1, 0.15) is 24.3 Å². The predicted octanol–water partition coefficient (Wildman–Crippen LogP) is 3.85. The molecule has 1 saturated carbocycles. The molecule has 0 aromatic heterocycles. The van der Waals surface area contributed by atoms with Crippen molar-refractivity contribution in [2.24, 2.45) is 0 Å². The molecule has 2 aromatic carbocycles. The number of hydrogen-bond donors (Lipinski definition) is 3. The summed E-state index contributed by atoms with van der Waals surface area (Å²) in [5.41, 5.74) is 1.95. The van der Waals surface area contributed by atoms with E-state index in [0.717, 1.165) is 28.1 Å². The van der Waals surface area contributed by atoms with Crippen molar-refractivity contribution in [3.05, 3.63) is 59.1 Å². The normalized spacial score (nSPS) is 15.0. The zero-order chi connectivity index (χ0) is 22.5. The van der Waals surface area contributed by atoms with E-state index < -0.39 is 24.5 Å².